The zero-order valence-electron chi connectivity index (χ0n) is 20.6. The molecule has 2 N–H and O–H groups in total. The molecule has 0 aliphatic heterocycles. The zero-order valence-corrected chi connectivity index (χ0v) is 24.6. The second kappa shape index (κ2) is 16.6. The molecule has 0 aliphatic carbocycles. The fraction of sp³-hybridized carbons (Fsp3) is 0. The van der Waals surface area contributed by atoms with Crippen LogP contribution in [0.3, 0.4) is 0 Å². The summed E-state index contributed by atoms with van der Waals surface area (Å²) in [7, 11) is 0. The minimum Gasteiger partial charge on any atom is -0.871 e. The maximum atomic E-state index is 11.7. The molecule has 0 aromatic heterocycles. The second-order valence-corrected chi connectivity index (χ2v) is 9.43. The van der Waals surface area contributed by atoms with Crippen LogP contribution in [0.5, 0.6) is 11.5 Å². The van der Waals surface area contributed by atoms with Crippen LogP contribution in [0.4, 0.5) is 0 Å². The number of hydrazone groups is 2. The van der Waals surface area contributed by atoms with Crippen molar-refractivity contribution in [2.24, 2.45) is 10.2 Å². The van der Waals surface area contributed by atoms with Gasteiger partial charge in [0.05, 0.1) is 12.4 Å². The van der Waals surface area contributed by atoms with E-state index in [-0.39, 0.29) is 49.5 Å². The molecule has 0 spiro atoms. The van der Waals surface area contributed by atoms with Crippen molar-refractivity contribution in [2.45, 2.75) is 0 Å². The zero-order chi connectivity index (χ0) is 29.1. The van der Waals surface area contributed by atoms with Gasteiger partial charge in [0.25, 0.3) is 11.8 Å². The predicted octanol–water partition coefficient (Wildman–Crippen LogP) is 5.66. The third kappa shape index (κ3) is 10.4. The minimum atomic E-state index is -0.395. The Kier molecular flexibility index (Phi) is 13.6. The molecule has 0 saturated carbocycles. The van der Waals surface area contributed by atoms with E-state index in [2.05, 4.69) is 21.1 Å². The standard InChI is InChI=1S/2C14H10Cl2N2O2.Ni/c2*15-11-6-10(13(19)12(16)7-11)8-17-18-14(20)9-4-2-1-3-5-9;/h2*1-8,19H,(H,18,20);/q;;+2/p-2/b17-8+;17-8-;. The number of carbonyl (C=O) groups excluding carboxylic acids is 2. The average Bonchev–Trinajstić information content (AvgIpc) is 2.95. The van der Waals surface area contributed by atoms with E-state index in [0.717, 1.165) is 0 Å². The van der Waals surface area contributed by atoms with Crippen LogP contribution in [0, 0.1) is 0 Å². The Morgan fingerprint density at radius 3 is 1.29 bits per heavy atom. The Morgan fingerprint density at radius 1 is 0.610 bits per heavy atom. The van der Waals surface area contributed by atoms with Gasteiger partial charge in [0.2, 0.25) is 0 Å². The number of halogens is 4. The molecule has 0 bridgehead atoms. The SMILES string of the molecule is O=C(N/N=C/c1cc(Cl)cc(Cl)c1[O-])c1ccccc1.O=C(N/N=C\c1cc(Cl)cc(Cl)c1[O-])c1ccccc1.[Ni+2]. The summed E-state index contributed by atoms with van der Waals surface area (Å²) in [4.78, 5) is 23.4. The van der Waals surface area contributed by atoms with Crippen molar-refractivity contribution in [3.63, 3.8) is 0 Å². The number of hydrogen-bond acceptors (Lipinski definition) is 6. The number of nitrogens with one attached hydrogen (secondary N) is 2. The first-order chi connectivity index (χ1) is 19.2. The first-order valence-electron chi connectivity index (χ1n) is 11.2. The Labute approximate surface area is 265 Å². The van der Waals surface area contributed by atoms with Crippen LogP contribution in [-0.4, -0.2) is 24.2 Å². The smallest absolute Gasteiger partial charge is 0.871 e. The van der Waals surface area contributed by atoms with Crippen LogP contribution in [0.2, 0.25) is 20.1 Å². The van der Waals surface area contributed by atoms with Gasteiger partial charge in [0.15, 0.2) is 0 Å². The van der Waals surface area contributed by atoms with Crippen LogP contribution in [0.15, 0.2) is 95.1 Å². The van der Waals surface area contributed by atoms with Gasteiger partial charge in [-0.25, -0.2) is 10.9 Å². The van der Waals surface area contributed by atoms with Gasteiger partial charge in [-0.1, -0.05) is 94.3 Å². The van der Waals surface area contributed by atoms with Crippen LogP contribution < -0.4 is 21.1 Å². The Bertz CT molecular complexity index is 1440. The van der Waals surface area contributed by atoms with E-state index >= 15 is 0 Å². The largest absolute Gasteiger partial charge is 2.00 e. The number of nitrogens with zero attached hydrogens (tertiary/aromatic N) is 2. The quantitative estimate of drug-likeness (QED) is 0.155. The van der Waals surface area contributed by atoms with Crippen molar-refractivity contribution in [1.82, 2.24) is 10.9 Å². The summed E-state index contributed by atoms with van der Waals surface area (Å²) in [6, 6.07) is 22.7. The van der Waals surface area contributed by atoms with Crippen LogP contribution in [0.1, 0.15) is 31.8 Å². The van der Waals surface area contributed by atoms with Crippen molar-refractivity contribution in [1.29, 1.82) is 0 Å². The summed E-state index contributed by atoms with van der Waals surface area (Å²) in [5.74, 6) is -1.53. The van der Waals surface area contributed by atoms with E-state index in [0.29, 0.717) is 21.2 Å². The molecule has 212 valence electrons. The van der Waals surface area contributed by atoms with Crippen molar-refractivity contribution in [3.05, 3.63) is 127 Å². The molecule has 4 rings (SSSR count). The molecule has 41 heavy (non-hydrogen) atoms. The van der Waals surface area contributed by atoms with Gasteiger partial charge >= 0.3 is 16.5 Å². The molecule has 0 atom stereocenters. The summed E-state index contributed by atoms with van der Waals surface area (Å²) in [6.45, 7) is 0. The van der Waals surface area contributed by atoms with Crippen molar-refractivity contribution in [3.8, 4) is 11.5 Å². The van der Waals surface area contributed by atoms with Crippen LogP contribution in [0.25, 0.3) is 0 Å². The Morgan fingerprint density at radius 2 is 0.951 bits per heavy atom. The number of hydrogen-bond donors (Lipinski definition) is 2. The van der Waals surface area contributed by atoms with E-state index in [1.54, 1.807) is 60.7 Å². The molecule has 0 unspecified atom stereocenters. The normalized spacial score (nSPS) is 10.4. The fourth-order valence-corrected chi connectivity index (χ4v) is 4.00. The molecule has 0 radical (unpaired) electrons. The molecule has 0 heterocycles. The summed E-state index contributed by atoms with van der Waals surface area (Å²) < 4.78 is 0. The molecule has 4 aromatic rings. The van der Waals surface area contributed by atoms with Gasteiger partial charge in [-0.2, -0.15) is 10.2 Å². The van der Waals surface area contributed by atoms with Crippen molar-refractivity contribution >= 4 is 70.6 Å². The molecular formula is C28H18Cl4N4NiO4. The van der Waals surface area contributed by atoms with E-state index in [4.69, 9.17) is 46.4 Å². The van der Waals surface area contributed by atoms with E-state index in [9.17, 15) is 19.8 Å². The topological polar surface area (TPSA) is 129 Å². The predicted molar refractivity (Wildman–Crippen MR) is 155 cm³/mol. The Hall–Kier alpha value is -3.59. The van der Waals surface area contributed by atoms with E-state index in [1.807, 2.05) is 0 Å². The van der Waals surface area contributed by atoms with Crippen LogP contribution in [-0.2, 0) is 16.5 Å². The first-order valence-corrected chi connectivity index (χ1v) is 12.8. The summed E-state index contributed by atoms with van der Waals surface area (Å²) >= 11 is 23.0. The summed E-state index contributed by atoms with van der Waals surface area (Å²) in [5.41, 5.74) is 5.98. The molecular weight excluding hydrogens is 657 g/mol. The van der Waals surface area contributed by atoms with Gasteiger partial charge in [-0.15, -0.1) is 0 Å². The van der Waals surface area contributed by atoms with Gasteiger partial charge in [0, 0.05) is 31.2 Å². The van der Waals surface area contributed by atoms with Gasteiger partial charge < -0.3 is 10.2 Å². The monoisotopic (exact) mass is 672 g/mol. The third-order valence-corrected chi connectivity index (χ3v) is 5.88. The summed E-state index contributed by atoms with van der Waals surface area (Å²) in [6.07, 6.45) is 2.42. The van der Waals surface area contributed by atoms with Gasteiger partial charge in [-0.05, 0) is 59.7 Å². The maximum absolute atomic E-state index is 11.7. The molecule has 2 amide bonds. The number of amides is 2. The first kappa shape index (κ1) is 33.6. The maximum Gasteiger partial charge on any atom is 2.00 e. The second-order valence-electron chi connectivity index (χ2n) is 7.74. The number of benzene rings is 4. The van der Waals surface area contributed by atoms with E-state index < -0.39 is 11.5 Å². The van der Waals surface area contributed by atoms with Gasteiger partial charge in [-0.3, -0.25) is 9.59 Å². The fourth-order valence-electron chi connectivity index (χ4n) is 2.98. The van der Waals surface area contributed by atoms with Crippen LogP contribution >= 0.6 is 46.4 Å². The van der Waals surface area contributed by atoms with Crippen molar-refractivity contribution in [2.75, 3.05) is 0 Å². The van der Waals surface area contributed by atoms with Gasteiger partial charge in [0.1, 0.15) is 0 Å². The molecule has 4 aromatic carbocycles. The molecule has 0 fully saturated rings. The Balaban J connectivity index is 0.000000280. The average molecular weight is 675 g/mol. The summed E-state index contributed by atoms with van der Waals surface area (Å²) in [5, 5.41) is 31.4. The molecule has 8 nitrogen and oxygen atoms in total. The molecule has 13 heteroatoms. The number of rotatable bonds is 6. The minimum absolute atomic E-state index is 0. The molecule has 0 saturated heterocycles. The third-order valence-electron chi connectivity index (χ3n) is 4.89. The van der Waals surface area contributed by atoms with E-state index in [1.165, 1.54) is 36.7 Å². The molecule has 0 aliphatic rings. The number of carbonyl (C=O) groups is 2. The van der Waals surface area contributed by atoms with Crippen molar-refractivity contribution < 1.29 is 36.3 Å².